The number of nitrogens with zero attached hydrogens (tertiary/aromatic N) is 3. The summed E-state index contributed by atoms with van der Waals surface area (Å²) in [6.07, 6.45) is 4.22. The maximum Gasteiger partial charge on any atom is 0.223 e. The third-order valence-corrected chi connectivity index (χ3v) is 2.50. The largest absolute Gasteiger partial charge is 0.476 e. The van der Waals surface area contributed by atoms with Crippen LogP contribution in [0.25, 0.3) is 0 Å². The topological polar surface area (TPSA) is 64.3 Å². The highest BCUT2D eigenvalue weighted by Gasteiger charge is 2.10. The summed E-state index contributed by atoms with van der Waals surface area (Å²) in [4.78, 5) is 10.2. The molecule has 1 aromatic heterocycles. The molecule has 0 unspecified atom stereocenters. The smallest absolute Gasteiger partial charge is 0.223 e. The van der Waals surface area contributed by atoms with E-state index in [9.17, 15) is 0 Å². The average molecular weight is 208 g/mol. The van der Waals surface area contributed by atoms with E-state index in [1.807, 2.05) is 0 Å². The first-order valence-corrected chi connectivity index (χ1v) is 5.28. The van der Waals surface area contributed by atoms with Gasteiger partial charge in [-0.2, -0.15) is 4.98 Å². The van der Waals surface area contributed by atoms with Crippen LogP contribution in [0.4, 0.5) is 5.95 Å². The number of hydrogen-bond donors (Lipinski definition) is 1. The lowest BCUT2D eigenvalue weighted by atomic mass is 10.4. The Labute approximate surface area is 89.3 Å². The highest BCUT2D eigenvalue weighted by atomic mass is 16.5. The number of anilines is 1. The molecule has 0 saturated carbocycles. The van der Waals surface area contributed by atoms with E-state index in [0.29, 0.717) is 12.5 Å². The first-order valence-electron chi connectivity index (χ1n) is 5.28. The van der Waals surface area contributed by atoms with E-state index in [0.717, 1.165) is 6.54 Å². The number of ether oxygens (including phenoxy) is 1. The molecule has 0 spiro atoms. The summed E-state index contributed by atoms with van der Waals surface area (Å²) in [6.45, 7) is 4.00. The molecular weight excluding hydrogens is 192 g/mol. The molecule has 0 bridgehead atoms. The molecule has 1 fully saturated rings. The van der Waals surface area contributed by atoms with Gasteiger partial charge in [0.05, 0.1) is 0 Å². The Balaban J connectivity index is 1.73. The van der Waals surface area contributed by atoms with Crippen LogP contribution in [0.15, 0.2) is 12.3 Å². The van der Waals surface area contributed by atoms with Crippen molar-refractivity contribution in [2.24, 2.45) is 0 Å². The minimum atomic E-state index is 0.258. The molecule has 0 aliphatic carbocycles. The number of aromatic nitrogens is 2. The summed E-state index contributed by atoms with van der Waals surface area (Å²) in [7, 11) is 0. The van der Waals surface area contributed by atoms with E-state index in [1.54, 1.807) is 12.3 Å². The highest BCUT2D eigenvalue weighted by Crippen LogP contribution is 2.08. The Kier molecular flexibility index (Phi) is 3.34. The number of nitrogens with two attached hydrogens (primary N) is 1. The lowest BCUT2D eigenvalue weighted by Crippen LogP contribution is -2.25. The number of hydrogen-bond acceptors (Lipinski definition) is 5. The van der Waals surface area contributed by atoms with E-state index in [4.69, 9.17) is 10.5 Å². The second kappa shape index (κ2) is 4.93. The molecule has 0 amide bonds. The molecule has 2 rings (SSSR count). The normalized spacial score (nSPS) is 16.8. The first kappa shape index (κ1) is 10.2. The van der Waals surface area contributed by atoms with Crippen molar-refractivity contribution in [3.8, 4) is 5.88 Å². The molecular formula is C10H16N4O. The molecule has 0 atom stereocenters. The van der Waals surface area contributed by atoms with E-state index in [-0.39, 0.29) is 5.95 Å². The first-order chi connectivity index (χ1) is 7.34. The zero-order valence-corrected chi connectivity index (χ0v) is 8.72. The molecule has 5 heteroatoms. The van der Waals surface area contributed by atoms with Crippen molar-refractivity contribution < 1.29 is 4.74 Å². The fraction of sp³-hybridized carbons (Fsp3) is 0.600. The van der Waals surface area contributed by atoms with Gasteiger partial charge in [-0.1, -0.05) is 0 Å². The average Bonchev–Trinajstić information content (AvgIpc) is 2.71. The standard InChI is InChI=1S/C10H16N4O/c11-10-12-4-3-9(13-10)15-8-7-14-5-1-2-6-14/h3-4H,1-2,5-8H2,(H2,11,12,13). The summed E-state index contributed by atoms with van der Waals surface area (Å²) in [6, 6.07) is 1.72. The van der Waals surface area contributed by atoms with E-state index >= 15 is 0 Å². The third kappa shape index (κ3) is 3.06. The maximum atomic E-state index is 5.48. The molecule has 15 heavy (non-hydrogen) atoms. The lowest BCUT2D eigenvalue weighted by Gasteiger charge is -2.14. The van der Waals surface area contributed by atoms with Crippen LogP contribution in [0.3, 0.4) is 0 Å². The van der Waals surface area contributed by atoms with Crippen LogP contribution in [0.5, 0.6) is 5.88 Å². The molecule has 5 nitrogen and oxygen atoms in total. The molecule has 1 aromatic rings. The predicted molar refractivity (Wildman–Crippen MR) is 57.6 cm³/mol. The fourth-order valence-electron chi connectivity index (χ4n) is 1.72. The molecule has 0 aromatic carbocycles. The number of rotatable bonds is 4. The number of likely N-dealkylation sites (tertiary alicyclic amines) is 1. The van der Waals surface area contributed by atoms with Crippen molar-refractivity contribution in [3.63, 3.8) is 0 Å². The van der Waals surface area contributed by atoms with Gasteiger partial charge in [-0.15, -0.1) is 0 Å². The summed E-state index contributed by atoms with van der Waals surface area (Å²) < 4.78 is 5.48. The van der Waals surface area contributed by atoms with Gasteiger partial charge in [0.1, 0.15) is 6.61 Å². The van der Waals surface area contributed by atoms with Crippen molar-refractivity contribution in [1.82, 2.24) is 14.9 Å². The van der Waals surface area contributed by atoms with Gasteiger partial charge in [0.2, 0.25) is 11.8 Å². The zero-order valence-electron chi connectivity index (χ0n) is 8.72. The highest BCUT2D eigenvalue weighted by molar-refractivity contribution is 5.20. The van der Waals surface area contributed by atoms with E-state index in [2.05, 4.69) is 14.9 Å². The molecule has 2 N–H and O–H groups in total. The third-order valence-electron chi connectivity index (χ3n) is 2.50. The van der Waals surface area contributed by atoms with Gasteiger partial charge in [-0.05, 0) is 25.9 Å². The summed E-state index contributed by atoms with van der Waals surface area (Å²) in [5.74, 6) is 0.815. The second-order valence-electron chi connectivity index (χ2n) is 3.65. The monoisotopic (exact) mass is 208 g/mol. The van der Waals surface area contributed by atoms with Crippen LogP contribution in [0.2, 0.25) is 0 Å². The number of nitrogen functional groups attached to an aromatic ring is 1. The predicted octanol–water partition coefficient (Wildman–Crippen LogP) is 0.533. The van der Waals surface area contributed by atoms with Gasteiger partial charge < -0.3 is 10.5 Å². The second-order valence-corrected chi connectivity index (χ2v) is 3.65. The van der Waals surface area contributed by atoms with Gasteiger partial charge in [-0.25, -0.2) is 4.98 Å². The molecule has 0 radical (unpaired) electrons. The lowest BCUT2D eigenvalue weighted by molar-refractivity contribution is 0.232. The van der Waals surface area contributed by atoms with Crippen LogP contribution < -0.4 is 10.5 Å². The molecule has 82 valence electrons. The Hall–Kier alpha value is -1.36. The Morgan fingerprint density at radius 1 is 1.40 bits per heavy atom. The Morgan fingerprint density at radius 3 is 2.93 bits per heavy atom. The SMILES string of the molecule is Nc1nccc(OCCN2CCCC2)n1. The minimum Gasteiger partial charge on any atom is -0.476 e. The van der Waals surface area contributed by atoms with Crippen molar-refractivity contribution in [1.29, 1.82) is 0 Å². The van der Waals surface area contributed by atoms with Gasteiger partial charge >= 0.3 is 0 Å². The molecule has 1 aliphatic rings. The molecule has 2 heterocycles. The van der Waals surface area contributed by atoms with Crippen LogP contribution in [-0.4, -0.2) is 41.1 Å². The Morgan fingerprint density at radius 2 is 2.20 bits per heavy atom. The van der Waals surface area contributed by atoms with E-state index < -0.39 is 0 Å². The van der Waals surface area contributed by atoms with Crippen LogP contribution >= 0.6 is 0 Å². The van der Waals surface area contributed by atoms with Crippen molar-refractivity contribution in [2.45, 2.75) is 12.8 Å². The van der Waals surface area contributed by atoms with Gasteiger partial charge in [0.15, 0.2) is 0 Å². The summed E-state index contributed by atoms with van der Waals surface area (Å²) in [5, 5.41) is 0. The van der Waals surface area contributed by atoms with Crippen LogP contribution in [0, 0.1) is 0 Å². The maximum absolute atomic E-state index is 5.48. The van der Waals surface area contributed by atoms with Crippen LogP contribution in [0.1, 0.15) is 12.8 Å². The van der Waals surface area contributed by atoms with Gasteiger partial charge in [0, 0.05) is 18.8 Å². The molecule has 1 saturated heterocycles. The fourth-order valence-corrected chi connectivity index (χ4v) is 1.72. The zero-order chi connectivity index (χ0) is 10.5. The van der Waals surface area contributed by atoms with Crippen LogP contribution in [-0.2, 0) is 0 Å². The Bertz CT molecular complexity index is 312. The summed E-state index contributed by atoms with van der Waals surface area (Å²) in [5.41, 5.74) is 5.44. The molecule has 1 aliphatic heterocycles. The van der Waals surface area contributed by atoms with E-state index in [1.165, 1.54) is 25.9 Å². The van der Waals surface area contributed by atoms with Crippen molar-refractivity contribution in [3.05, 3.63) is 12.3 Å². The summed E-state index contributed by atoms with van der Waals surface area (Å²) >= 11 is 0. The van der Waals surface area contributed by atoms with Crippen molar-refractivity contribution >= 4 is 5.95 Å². The minimum absolute atomic E-state index is 0.258. The van der Waals surface area contributed by atoms with Gasteiger partial charge in [-0.3, -0.25) is 4.90 Å². The van der Waals surface area contributed by atoms with Gasteiger partial charge in [0.25, 0.3) is 0 Å². The van der Waals surface area contributed by atoms with Crippen molar-refractivity contribution in [2.75, 3.05) is 32.0 Å². The quantitative estimate of drug-likeness (QED) is 0.782.